The molecule has 5 nitrogen and oxygen atoms in total. The smallest absolute Gasteiger partial charge is 0.251 e. The molecule has 0 bridgehead atoms. The topological polar surface area (TPSA) is 81.4 Å². The van der Waals surface area contributed by atoms with Crippen molar-refractivity contribution < 1.29 is 14.3 Å². The molecule has 0 fully saturated rings. The summed E-state index contributed by atoms with van der Waals surface area (Å²) in [4.78, 5) is 25.4. The van der Waals surface area contributed by atoms with Crippen LogP contribution in [0.2, 0.25) is 0 Å². The highest BCUT2D eigenvalue weighted by molar-refractivity contribution is 7.17. The minimum Gasteiger partial charge on any atom is -0.497 e. The van der Waals surface area contributed by atoms with Gasteiger partial charge in [0.2, 0.25) is 5.91 Å². The van der Waals surface area contributed by atoms with E-state index in [-0.39, 0.29) is 5.91 Å². The van der Waals surface area contributed by atoms with E-state index in [4.69, 9.17) is 10.5 Å². The second kappa shape index (κ2) is 8.19. The van der Waals surface area contributed by atoms with E-state index in [9.17, 15) is 9.59 Å². The maximum Gasteiger partial charge on any atom is 0.251 e. The SMILES string of the molecule is COc1ccc(C=CC(=O)Nc2sc3c(c2C(N)=O)CCCCC3)cc1. The molecule has 3 rings (SSSR count). The largest absolute Gasteiger partial charge is 0.497 e. The Bertz CT molecular complexity index is 837. The number of primary amides is 1. The number of ether oxygens (including phenoxy) is 1. The Kier molecular flexibility index (Phi) is 5.73. The van der Waals surface area contributed by atoms with Gasteiger partial charge in [0, 0.05) is 11.0 Å². The van der Waals surface area contributed by atoms with Gasteiger partial charge in [-0.05, 0) is 55.0 Å². The molecular weight excluding hydrogens is 348 g/mol. The van der Waals surface area contributed by atoms with Gasteiger partial charge in [-0.1, -0.05) is 18.6 Å². The predicted octanol–water partition coefficient (Wildman–Crippen LogP) is 3.78. The molecule has 0 saturated carbocycles. The molecule has 0 unspecified atom stereocenters. The van der Waals surface area contributed by atoms with E-state index < -0.39 is 5.91 Å². The molecule has 0 spiro atoms. The number of nitrogens with one attached hydrogen (secondary N) is 1. The van der Waals surface area contributed by atoms with Crippen LogP contribution in [-0.2, 0) is 17.6 Å². The molecule has 2 aromatic rings. The number of hydrogen-bond acceptors (Lipinski definition) is 4. The summed E-state index contributed by atoms with van der Waals surface area (Å²) in [5, 5.41) is 3.39. The Labute approximate surface area is 156 Å². The molecule has 3 N–H and O–H groups in total. The number of rotatable bonds is 5. The third-order valence-electron chi connectivity index (χ3n) is 4.45. The average Bonchev–Trinajstić information content (AvgIpc) is 2.81. The number of thiophene rings is 1. The molecular formula is C20H22N2O3S. The van der Waals surface area contributed by atoms with Crippen LogP contribution in [0.25, 0.3) is 6.08 Å². The highest BCUT2D eigenvalue weighted by Gasteiger charge is 2.23. The third kappa shape index (κ3) is 4.14. The number of nitrogens with two attached hydrogens (primary N) is 1. The summed E-state index contributed by atoms with van der Waals surface area (Å²) >= 11 is 1.48. The molecule has 2 amide bonds. The zero-order valence-corrected chi connectivity index (χ0v) is 15.5. The van der Waals surface area contributed by atoms with E-state index in [1.54, 1.807) is 13.2 Å². The minimum absolute atomic E-state index is 0.278. The second-order valence-electron chi connectivity index (χ2n) is 6.23. The Hall–Kier alpha value is -2.60. The van der Waals surface area contributed by atoms with Crippen LogP contribution < -0.4 is 15.8 Å². The van der Waals surface area contributed by atoms with Crippen molar-refractivity contribution in [2.24, 2.45) is 5.73 Å². The Balaban J connectivity index is 1.76. The molecule has 0 radical (unpaired) electrons. The third-order valence-corrected chi connectivity index (χ3v) is 5.65. The number of carbonyl (C=O) groups is 2. The first kappa shape index (κ1) is 18.2. The molecule has 0 atom stereocenters. The van der Waals surface area contributed by atoms with Crippen LogP contribution in [0.4, 0.5) is 5.00 Å². The lowest BCUT2D eigenvalue weighted by Crippen LogP contribution is -2.16. The average molecular weight is 370 g/mol. The van der Waals surface area contributed by atoms with Crippen molar-refractivity contribution in [3.63, 3.8) is 0 Å². The van der Waals surface area contributed by atoms with Crippen molar-refractivity contribution in [3.05, 3.63) is 51.9 Å². The van der Waals surface area contributed by atoms with E-state index in [1.165, 1.54) is 22.3 Å². The van der Waals surface area contributed by atoms with Gasteiger partial charge in [-0.2, -0.15) is 0 Å². The lowest BCUT2D eigenvalue weighted by atomic mass is 10.1. The van der Waals surface area contributed by atoms with E-state index >= 15 is 0 Å². The summed E-state index contributed by atoms with van der Waals surface area (Å²) in [6, 6.07) is 7.40. The second-order valence-corrected chi connectivity index (χ2v) is 7.33. The van der Waals surface area contributed by atoms with Gasteiger partial charge < -0.3 is 15.8 Å². The van der Waals surface area contributed by atoms with Gasteiger partial charge in [0.1, 0.15) is 10.8 Å². The number of benzene rings is 1. The predicted molar refractivity (Wildman–Crippen MR) is 105 cm³/mol. The number of anilines is 1. The lowest BCUT2D eigenvalue weighted by Gasteiger charge is -2.04. The zero-order chi connectivity index (χ0) is 18.5. The van der Waals surface area contributed by atoms with Gasteiger partial charge in [0.15, 0.2) is 0 Å². The number of aryl methyl sites for hydroxylation is 1. The van der Waals surface area contributed by atoms with Crippen LogP contribution in [0.5, 0.6) is 5.75 Å². The quantitative estimate of drug-likeness (QED) is 0.621. The molecule has 26 heavy (non-hydrogen) atoms. The zero-order valence-electron chi connectivity index (χ0n) is 14.7. The normalized spacial score (nSPS) is 13.9. The maximum absolute atomic E-state index is 12.3. The standard InChI is InChI=1S/C20H22N2O3S/c1-25-14-10-7-13(8-11-14)9-12-17(23)22-20-18(19(21)24)15-5-3-2-4-6-16(15)26-20/h7-12H,2-6H2,1H3,(H2,21,24)(H,22,23). The molecule has 0 aliphatic heterocycles. The number of fused-ring (bicyclic) bond motifs is 1. The number of methoxy groups -OCH3 is 1. The molecule has 1 aromatic heterocycles. The van der Waals surface area contributed by atoms with Crippen molar-refractivity contribution in [1.82, 2.24) is 0 Å². The van der Waals surface area contributed by atoms with Gasteiger partial charge >= 0.3 is 0 Å². The van der Waals surface area contributed by atoms with Gasteiger partial charge in [-0.25, -0.2) is 0 Å². The van der Waals surface area contributed by atoms with E-state index in [0.29, 0.717) is 10.6 Å². The van der Waals surface area contributed by atoms with Crippen LogP contribution in [-0.4, -0.2) is 18.9 Å². The fourth-order valence-corrected chi connectivity index (χ4v) is 4.43. The first-order valence-corrected chi connectivity index (χ1v) is 9.47. The van der Waals surface area contributed by atoms with Crippen molar-refractivity contribution in [2.75, 3.05) is 12.4 Å². The van der Waals surface area contributed by atoms with Crippen molar-refractivity contribution in [1.29, 1.82) is 0 Å². The van der Waals surface area contributed by atoms with E-state index in [1.807, 2.05) is 24.3 Å². The van der Waals surface area contributed by atoms with Gasteiger partial charge in [-0.15, -0.1) is 11.3 Å². The molecule has 0 saturated heterocycles. The highest BCUT2D eigenvalue weighted by Crippen LogP contribution is 2.37. The highest BCUT2D eigenvalue weighted by atomic mass is 32.1. The van der Waals surface area contributed by atoms with Crippen molar-refractivity contribution in [2.45, 2.75) is 32.1 Å². The molecule has 1 aromatic carbocycles. The van der Waals surface area contributed by atoms with Crippen LogP contribution in [0, 0.1) is 0 Å². The summed E-state index contributed by atoms with van der Waals surface area (Å²) < 4.78 is 5.11. The van der Waals surface area contributed by atoms with Crippen LogP contribution in [0.15, 0.2) is 30.3 Å². The van der Waals surface area contributed by atoms with Gasteiger partial charge in [-0.3, -0.25) is 9.59 Å². The summed E-state index contributed by atoms with van der Waals surface area (Å²) in [7, 11) is 1.61. The molecule has 136 valence electrons. The monoisotopic (exact) mass is 370 g/mol. The molecule has 6 heteroatoms. The summed E-state index contributed by atoms with van der Waals surface area (Å²) in [5.41, 5.74) is 7.98. The van der Waals surface area contributed by atoms with E-state index in [0.717, 1.165) is 49.0 Å². The molecule has 1 heterocycles. The number of carbonyl (C=O) groups excluding carboxylic acids is 2. The number of amides is 2. The first-order valence-electron chi connectivity index (χ1n) is 8.66. The Morgan fingerprint density at radius 1 is 1.15 bits per heavy atom. The van der Waals surface area contributed by atoms with Crippen LogP contribution >= 0.6 is 11.3 Å². The molecule has 1 aliphatic rings. The maximum atomic E-state index is 12.3. The molecule has 1 aliphatic carbocycles. The van der Waals surface area contributed by atoms with E-state index in [2.05, 4.69) is 5.32 Å². The van der Waals surface area contributed by atoms with Crippen molar-refractivity contribution in [3.8, 4) is 5.75 Å². The fourth-order valence-electron chi connectivity index (χ4n) is 3.13. The number of hydrogen-bond donors (Lipinski definition) is 2. The van der Waals surface area contributed by atoms with Gasteiger partial charge in [0.05, 0.1) is 12.7 Å². The first-order chi connectivity index (χ1) is 12.6. The van der Waals surface area contributed by atoms with Crippen LogP contribution in [0.3, 0.4) is 0 Å². The summed E-state index contributed by atoms with van der Waals surface area (Å²) in [6.45, 7) is 0. The lowest BCUT2D eigenvalue weighted by molar-refractivity contribution is -0.111. The minimum atomic E-state index is -0.473. The fraction of sp³-hybridized carbons (Fsp3) is 0.300. The Morgan fingerprint density at radius 2 is 1.88 bits per heavy atom. The summed E-state index contributed by atoms with van der Waals surface area (Å²) in [5.74, 6) is 0.0105. The van der Waals surface area contributed by atoms with Crippen molar-refractivity contribution >= 4 is 34.2 Å². The van der Waals surface area contributed by atoms with Gasteiger partial charge in [0.25, 0.3) is 5.91 Å². The van der Waals surface area contributed by atoms with Crippen LogP contribution in [0.1, 0.15) is 45.6 Å². The summed E-state index contributed by atoms with van der Waals surface area (Å²) in [6.07, 6.45) is 8.28. The Morgan fingerprint density at radius 3 is 2.58 bits per heavy atom.